The average molecular weight is 404 g/mol. The van der Waals surface area contributed by atoms with Gasteiger partial charge in [-0.15, -0.1) is 0 Å². The lowest BCUT2D eigenvalue weighted by atomic mass is 9.71. The van der Waals surface area contributed by atoms with Gasteiger partial charge in [-0.2, -0.15) is 0 Å². The van der Waals surface area contributed by atoms with Crippen LogP contribution in [0, 0.1) is 5.92 Å². The third-order valence-electron chi connectivity index (χ3n) is 5.69. The summed E-state index contributed by atoms with van der Waals surface area (Å²) in [5, 5.41) is 9.45. The molecule has 27 heavy (non-hydrogen) atoms. The lowest BCUT2D eigenvalue weighted by molar-refractivity contribution is -0.137. The molecule has 142 valence electrons. The molecule has 2 N–H and O–H groups in total. The smallest absolute Gasteiger partial charge is 0.317 e. The van der Waals surface area contributed by atoms with Crippen LogP contribution < -0.4 is 4.87 Å². The fraction of sp³-hybridized carbons (Fsp3) is 0.450. The van der Waals surface area contributed by atoms with E-state index in [4.69, 9.17) is 0 Å². The molecule has 0 unspecified atom stereocenters. The zero-order valence-corrected chi connectivity index (χ0v) is 16.8. The Labute approximate surface area is 165 Å². The Morgan fingerprint density at radius 3 is 2.59 bits per heavy atom. The van der Waals surface area contributed by atoms with E-state index in [1.165, 1.54) is 17.5 Å². The molecule has 7 heteroatoms. The molecule has 2 aliphatic rings. The maximum absolute atomic E-state index is 13.5. The first kappa shape index (κ1) is 18.5. The van der Waals surface area contributed by atoms with Crippen molar-refractivity contribution in [3.05, 3.63) is 49.4 Å². The van der Waals surface area contributed by atoms with E-state index in [-0.39, 0.29) is 10.7 Å². The predicted molar refractivity (Wildman–Crippen MR) is 106 cm³/mol. The Kier molecular flexibility index (Phi) is 4.55. The lowest BCUT2D eigenvalue weighted by Gasteiger charge is -2.40. The number of carboxylic acids is 1. The molecule has 0 spiro atoms. The van der Waals surface area contributed by atoms with E-state index in [9.17, 15) is 19.5 Å². The maximum atomic E-state index is 13.5. The number of fused-ring (bicyclic) bond motifs is 2. The minimum Gasteiger partial charge on any atom is -0.480 e. The van der Waals surface area contributed by atoms with Gasteiger partial charge in [0.25, 0.3) is 0 Å². The van der Waals surface area contributed by atoms with Gasteiger partial charge >= 0.3 is 10.8 Å². The summed E-state index contributed by atoms with van der Waals surface area (Å²) in [7, 11) is 0. The standard InChI is InChI=1S/C20H21NO4S2/c1-20(2)13(15(18(23)24)26-17-16(20)27-19(25)21-17)14(22)12-8-7-10-5-3-4-6-11(10)9-12/h7-9,13,15H,3-6H2,1-2H3,(H,21,25)(H,23,24)/t13-,15-/m1/s1. The fourth-order valence-corrected chi connectivity index (χ4v) is 6.94. The van der Waals surface area contributed by atoms with Crippen LogP contribution in [0.25, 0.3) is 0 Å². The summed E-state index contributed by atoms with van der Waals surface area (Å²) < 4.78 is 0. The van der Waals surface area contributed by atoms with Crippen LogP contribution in [0.4, 0.5) is 0 Å². The number of aromatic nitrogens is 1. The summed E-state index contributed by atoms with van der Waals surface area (Å²) in [5.41, 5.74) is 2.33. The van der Waals surface area contributed by atoms with Crippen molar-refractivity contribution in [1.82, 2.24) is 4.98 Å². The molecular weight excluding hydrogens is 382 g/mol. The van der Waals surface area contributed by atoms with Crippen LogP contribution in [0.2, 0.25) is 0 Å². The highest BCUT2D eigenvalue weighted by atomic mass is 32.2. The molecule has 5 nitrogen and oxygen atoms in total. The van der Waals surface area contributed by atoms with Crippen LogP contribution >= 0.6 is 23.1 Å². The van der Waals surface area contributed by atoms with Crippen LogP contribution in [-0.2, 0) is 23.1 Å². The molecule has 0 bridgehead atoms. The Hall–Kier alpha value is -1.86. The van der Waals surface area contributed by atoms with Crippen LogP contribution in [0.3, 0.4) is 0 Å². The highest BCUT2D eigenvalue weighted by Gasteiger charge is 2.51. The van der Waals surface area contributed by atoms with Gasteiger partial charge in [0.1, 0.15) is 5.25 Å². The molecular formula is C20H21NO4S2. The van der Waals surface area contributed by atoms with Crippen molar-refractivity contribution in [2.24, 2.45) is 5.92 Å². The number of hydrogen-bond donors (Lipinski definition) is 2. The van der Waals surface area contributed by atoms with Crippen LogP contribution in [-0.4, -0.2) is 27.1 Å². The number of carbonyl (C=O) groups excluding carboxylic acids is 1. The molecule has 0 saturated carbocycles. The topological polar surface area (TPSA) is 87.2 Å². The van der Waals surface area contributed by atoms with Crippen molar-refractivity contribution < 1.29 is 14.7 Å². The van der Waals surface area contributed by atoms with Crippen molar-refractivity contribution in [2.45, 2.75) is 55.2 Å². The first-order valence-corrected chi connectivity index (χ1v) is 10.8. The summed E-state index contributed by atoms with van der Waals surface area (Å²) in [5.74, 6) is -1.91. The second kappa shape index (κ2) is 6.63. The van der Waals surface area contributed by atoms with Crippen LogP contribution in [0.15, 0.2) is 28.0 Å². The van der Waals surface area contributed by atoms with Crippen molar-refractivity contribution in [3.8, 4) is 0 Å². The van der Waals surface area contributed by atoms with E-state index in [1.807, 2.05) is 32.0 Å². The number of thiazole rings is 1. The number of H-pyrrole nitrogens is 1. The monoisotopic (exact) mass is 403 g/mol. The minimum atomic E-state index is -1.03. The number of benzene rings is 1. The number of aryl methyl sites for hydroxylation is 2. The van der Waals surface area contributed by atoms with Gasteiger partial charge < -0.3 is 10.1 Å². The van der Waals surface area contributed by atoms with E-state index >= 15 is 0 Å². The number of hydrogen-bond acceptors (Lipinski definition) is 5. The molecule has 4 rings (SSSR count). The van der Waals surface area contributed by atoms with Gasteiger partial charge in [0.15, 0.2) is 5.78 Å². The number of carboxylic acid groups (broad SMARTS) is 1. The van der Waals surface area contributed by atoms with E-state index in [0.717, 1.165) is 47.2 Å². The summed E-state index contributed by atoms with van der Waals surface area (Å²) in [6.45, 7) is 3.73. The van der Waals surface area contributed by atoms with Gasteiger partial charge in [-0.25, -0.2) is 0 Å². The third kappa shape index (κ3) is 3.06. The van der Waals surface area contributed by atoms with Crippen molar-refractivity contribution >= 4 is 34.9 Å². The number of aromatic amines is 1. The van der Waals surface area contributed by atoms with Crippen molar-refractivity contribution in [2.75, 3.05) is 0 Å². The van der Waals surface area contributed by atoms with Crippen LogP contribution in [0.5, 0.6) is 0 Å². The molecule has 0 saturated heterocycles. The van der Waals surface area contributed by atoms with E-state index < -0.39 is 22.6 Å². The SMILES string of the molecule is CC1(C)c2sc(=O)[nH]c2S[C@@H](C(=O)O)[C@H]1C(=O)c1ccc2c(c1)CCCC2. The molecule has 1 aliphatic heterocycles. The molecule has 2 aromatic rings. The van der Waals surface area contributed by atoms with Gasteiger partial charge in [-0.3, -0.25) is 14.4 Å². The first-order valence-electron chi connectivity index (χ1n) is 9.08. The Balaban J connectivity index is 1.79. The van der Waals surface area contributed by atoms with E-state index in [0.29, 0.717) is 10.6 Å². The summed E-state index contributed by atoms with van der Waals surface area (Å²) in [6.07, 6.45) is 4.29. The number of carbonyl (C=O) groups is 2. The number of thioether (sulfide) groups is 1. The van der Waals surface area contributed by atoms with Gasteiger partial charge in [0.05, 0.1) is 10.9 Å². The number of ketones is 1. The number of Topliss-reactive ketones (excluding diaryl/α,β-unsaturated/α-hetero) is 1. The van der Waals surface area contributed by atoms with Crippen LogP contribution in [0.1, 0.15) is 53.1 Å². The third-order valence-corrected chi connectivity index (χ3v) is 8.31. The molecule has 2 heterocycles. The quantitative estimate of drug-likeness (QED) is 0.764. The zero-order chi connectivity index (χ0) is 19.3. The molecule has 0 amide bonds. The largest absolute Gasteiger partial charge is 0.480 e. The Morgan fingerprint density at radius 1 is 1.19 bits per heavy atom. The number of nitrogens with one attached hydrogen (secondary N) is 1. The normalized spacial score (nSPS) is 23.3. The summed E-state index contributed by atoms with van der Waals surface area (Å²) in [4.78, 5) is 40.6. The lowest BCUT2D eigenvalue weighted by Crippen LogP contribution is -2.47. The summed E-state index contributed by atoms with van der Waals surface area (Å²) >= 11 is 2.16. The second-order valence-corrected chi connectivity index (χ2v) is 9.94. The van der Waals surface area contributed by atoms with Gasteiger partial charge in [-0.05, 0) is 42.9 Å². The second-order valence-electron chi connectivity index (χ2n) is 7.80. The fourth-order valence-electron chi connectivity index (χ4n) is 4.26. The highest BCUT2D eigenvalue weighted by Crippen LogP contribution is 2.50. The van der Waals surface area contributed by atoms with E-state index in [2.05, 4.69) is 4.98 Å². The van der Waals surface area contributed by atoms with Gasteiger partial charge in [0.2, 0.25) is 0 Å². The molecule has 2 atom stereocenters. The maximum Gasteiger partial charge on any atom is 0.317 e. The minimum absolute atomic E-state index is 0.153. The molecule has 1 aliphatic carbocycles. The highest BCUT2D eigenvalue weighted by molar-refractivity contribution is 8.00. The Bertz CT molecular complexity index is 988. The number of rotatable bonds is 3. The van der Waals surface area contributed by atoms with Gasteiger partial charge in [-0.1, -0.05) is 49.1 Å². The van der Waals surface area contributed by atoms with Gasteiger partial charge in [0, 0.05) is 15.9 Å². The molecule has 0 fully saturated rings. The molecule has 1 aromatic heterocycles. The first-order chi connectivity index (χ1) is 12.8. The summed E-state index contributed by atoms with van der Waals surface area (Å²) in [6, 6.07) is 5.80. The Morgan fingerprint density at radius 2 is 1.89 bits per heavy atom. The molecule has 1 aromatic carbocycles. The van der Waals surface area contributed by atoms with Crippen molar-refractivity contribution in [1.29, 1.82) is 0 Å². The predicted octanol–water partition coefficient (Wildman–Crippen LogP) is 3.65. The zero-order valence-electron chi connectivity index (χ0n) is 15.2. The average Bonchev–Trinajstić information content (AvgIpc) is 3.02. The number of aliphatic carboxylic acids is 1. The molecule has 0 radical (unpaired) electrons. The van der Waals surface area contributed by atoms with E-state index in [1.54, 1.807) is 0 Å². The van der Waals surface area contributed by atoms with Crippen molar-refractivity contribution in [3.63, 3.8) is 0 Å².